The SMILES string of the molecule is CC(C)CS(=O)(=O)c1cc(NC(=O)OC(C)(C)C)cc(-c2cnc(NC(C)C)c(=O)n2CC(=O)O)c1. The highest BCUT2D eigenvalue weighted by molar-refractivity contribution is 7.91. The van der Waals surface area contributed by atoms with Gasteiger partial charge in [-0.05, 0) is 58.7 Å². The lowest BCUT2D eigenvalue weighted by atomic mass is 10.1. The number of rotatable bonds is 9. The van der Waals surface area contributed by atoms with Gasteiger partial charge in [0.1, 0.15) is 12.1 Å². The number of ether oxygens (including phenoxy) is 1. The molecule has 36 heavy (non-hydrogen) atoms. The molecule has 2 rings (SSSR count). The number of hydrogen-bond donors (Lipinski definition) is 3. The minimum atomic E-state index is -3.78. The quantitative estimate of drug-likeness (QED) is 0.448. The molecule has 0 saturated carbocycles. The van der Waals surface area contributed by atoms with E-state index in [-0.39, 0.29) is 45.4 Å². The lowest BCUT2D eigenvalue weighted by molar-refractivity contribution is -0.137. The Balaban J connectivity index is 2.75. The number of benzene rings is 1. The van der Waals surface area contributed by atoms with Crippen LogP contribution in [-0.4, -0.2) is 52.5 Å². The lowest BCUT2D eigenvalue weighted by Gasteiger charge is -2.20. The van der Waals surface area contributed by atoms with Gasteiger partial charge >= 0.3 is 12.1 Å². The molecule has 0 bridgehead atoms. The van der Waals surface area contributed by atoms with Crippen LogP contribution in [0, 0.1) is 5.92 Å². The first kappa shape index (κ1) is 28.8. The van der Waals surface area contributed by atoms with Gasteiger partial charge in [0.2, 0.25) is 0 Å². The first-order valence-electron chi connectivity index (χ1n) is 11.4. The molecule has 0 aliphatic heterocycles. The number of hydrogen-bond acceptors (Lipinski definition) is 8. The normalized spacial score (nSPS) is 12.0. The summed E-state index contributed by atoms with van der Waals surface area (Å²) < 4.78 is 32.4. The topological polar surface area (TPSA) is 157 Å². The molecule has 198 valence electrons. The molecular formula is C24H34N4O7S. The van der Waals surface area contributed by atoms with E-state index in [0.29, 0.717) is 0 Å². The predicted octanol–water partition coefficient (Wildman–Crippen LogP) is 3.59. The minimum Gasteiger partial charge on any atom is -0.480 e. The zero-order valence-corrected chi connectivity index (χ0v) is 22.4. The number of carbonyl (C=O) groups excluding carboxylic acids is 1. The highest BCUT2D eigenvalue weighted by Crippen LogP contribution is 2.28. The van der Waals surface area contributed by atoms with Crippen LogP contribution < -0.4 is 16.2 Å². The van der Waals surface area contributed by atoms with E-state index in [1.54, 1.807) is 48.5 Å². The fraction of sp³-hybridized carbons (Fsp3) is 0.500. The predicted molar refractivity (Wildman–Crippen MR) is 137 cm³/mol. The fourth-order valence-electron chi connectivity index (χ4n) is 3.34. The largest absolute Gasteiger partial charge is 0.480 e. The van der Waals surface area contributed by atoms with Crippen LogP contribution in [0.4, 0.5) is 16.3 Å². The smallest absolute Gasteiger partial charge is 0.412 e. The number of nitrogens with zero attached hydrogens (tertiary/aromatic N) is 2. The molecule has 11 nitrogen and oxygen atoms in total. The summed E-state index contributed by atoms with van der Waals surface area (Å²) in [4.78, 5) is 41.0. The summed E-state index contributed by atoms with van der Waals surface area (Å²) in [6, 6.07) is 3.93. The van der Waals surface area contributed by atoms with Crippen molar-refractivity contribution < 1.29 is 27.9 Å². The Labute approximate surface area is 210 Å². The zero-order valence-electron chi connectivity index (χ0n) is 21.6. The minimum absolute atomic E-state index is 0.0364. The van der Waals surface area contributed by atoms with Crippen molar-refractivity contribution in [2.75, 3.05) is 16.4 Å². The van der Waals surface area contributed by atoms with E-state index in [4.69, 9.17) is 4.74 Å². The summed E-state index contributed by atoms with van der Waals surface area (Å²) in [5.74, 6) is -1.63. The van der Waals surface area contributed by atoms with E-state index in [2.05, 4.69) is 15.6 Å². The van der Waals surface area contributed by atoms with Crippen molar-refractivity contribution in [3.63, 3.8) is 0 Å². The molecular weight excluding hydrogens is 488 g/mol. The van der Waals surface area contributed by atoms with Crippen LogP contribution in [0.2, 0.25) is 0 Å². The van der Waals surface area contributed by atoms with E-state index in [0.717, 1.165) is 4.57 Å². The highest BCUT2D eigenvalue weighted by Gasteiger charge is 2.23. The third kappa shape index (κ3) is 8.08. The Bertz CT molecular complexity index is 1290. The van der Waals surface area contributed by atoms with Crippen LogP contribution >= 0.6 is 0 Å². The van der Waals surface area contributed by atoms with Gasteiger partial charge < -0.3 is 15.2 Å². The standard InChI is InChI=1S/C24H34N4O7S/c1-14(2)13-36(33,34)18-9-16(8-17(10-18)27-23(32)35-24(5,6)7)19-11-25-21(26-15(3)4)22(31)28(19)12-20(29)30/h8-11,14-15H,12-13H2,1-7H3,(H,25,26)(H,27,32)(H,29,30). The number of aromatic nitrogens is 2. The molecule has 0 unspecified atom stereocenters. The molecule has 0 saturated heterocycles. The Morgan fingerprint density at radius 1 is 1.14 bits per heavy atom. The number of sulfone groups is 1. The number of carboxylic acids is 1. The summed E-state index contributed by atoms with van der Waals surface area (Å²) in [7, 11) is -3.78. The van der Waals surface area contributed by atoms with Gasteiger partial charge in [0, 0.05) is 17.3 Å². The maximum atomic E-state index is 13.1. The van der Waals surface area contributed by atoms with Gasteiger partial charge in [-0.15, -0.1) is 0 Å². The Morgan fingerprint density at radius 3 is 2.31 bits per heavy atom. The molecule has 12 heteroatoms. The Kier molecular flexibility index (Phi) is 8.89. The monoisotopic (exact) mass is 522 g/mol. The molecule has 3 N–H and O–H groups in total. The molecule has 0 atom stereocenters. The average molecular weight is 523 g/mol. The molecule has 0 aliphatic rings. The Morgan fingerprint density at radius 2 is 1.78 bits per heavy atom. The first-order valence-corrected chi connectivity index (χ1v) is 13.1. The third-order valence-electron chi connectivity index (χ3n) is 4.53. The van der Waals surface area contributed by atoms with Crippen molar-refractivity contribution >= 4 is 33.4 Å². The molecule has 0 radical (unpaired) electrons. The number of nitrogens with one attached hydrogen (secondary N) is 2. The first-order chi connectivity index (χ1) is 16.5. The zero-order chi connectivity index (χ0) is 27.4. The van der Waals surface area contributed by atoms with Gasteiger partial charge in [-0.3, -0.25) is 19.5 Å². The van der Waals surface area contributed by atoms with Crippen LogP contribution in [-0.2, 0) is 25.9 Å². The van der Waals surface area contributed by atoms with Crippen LogP contribution in [0.1, 0.15) is 48.5 Å². The van der Waals surface area contributed by atoms with Gasteiger partial charge in [-0.25, -0.2) is 18.2 Å². The van der Waals surface area contributed by atoms with Crippen LogP contribution in [0.5, 0.6) is 0 Å². The number of aliphatic carboxylic acids is 1. The second-order valence-corrected chi connectivity index (χ2v) is 12.2. The molecule has 2 aromatic rings. The highest BCUT2D eigenvalue weighted by atomic mass is 32.2. The summed E-state index contributed by atoms with van der Waals surface area (Å²) in [6.45, 7) is 11.5. The van der Waals surface area contributed by atoms with E-state index in [9.17, 15) is 27.9 Å². The number of carbonyl (C=O) groups is 2. The van der Waals surface area contributed by atoms with Crippen LogP contribution in [0.3, 0.4) is 0 Å². The molecule has 1 heterocycles. The summed E-state index contributed by atoms with van der Waals surface area (Å²) in [6.07, 6.45) is 0.491. The van der Waals surface area contributed by atoms with Crippen molar-refractivity contribution in [3.05, 3.63) is 34.7 Å². The van der Waals surface area contributed by atoms with E-state index >= 15 is 0 Å². The average Bonchev–Trinajstić information content (AvgIpc) is 2.67. The van der Waals surface area contributed by atoms with Gasteiger partial charge in [0.15, 0.2) is 15.7 Å². The lowest BCUT2D eigenvalue weighted by Crippen LogP contribution is -2.30. The number of carboxylic acid groups (broad SMARTS) is 1. The van der Waals surface area contributed by atoms with Crippen molar-refractivity contribution in [1.29, 1.82) is 0 Å². The van der Waals surface area contributed by atoms with Crippen LogP contribution in [0.15, 0.2) is 34.1 Å². The van der Waals surface area contributed by atoms with Crippen molar-refractivity contribution in [1.82, 2.24) is 9.55 Å². The Hall–Kier alpha value is -3.41. The van der Waals surface area contributed by atoms with Gasteiger partial charge in [0.05, 0.1) is 22.5 Å². The van der Waals surface area contributed by atoms with Gasteiger partial charge in [-0.1, -0.05) is 13.8 Å². The van der Waals surface area contributed by atoms with Gasteiger partial charge in [-0.2, -0.15) is 0 Å². The van der Waals surface area contributed by atoms with Crippen LogP contribution in [0.25, 0.3) is 11.3 Å². The molecule has 1 aromatic heterocycles. The molecule has 0 aliphatic carbocycles. The van der Waals surface area contributed by atoms with E-state index < -0.39 is 39.6 Å². The number of anilines is 2. The second-order valence-electron chi connectivity index (χ2n) is 10.1. The second kappa shape index (κ2) is 11.1. The maximum absolute atomic E-state index is 13.1. The van der Waals surface area contributed by atoms with Crippen molar-refractivity contribution in [2.24, 2.45) is 5.92 Å². The third-order valence-corrected chi connectivity index (χ3v) is 6.59. The van der Waals surface area contributed by atoms with Crippen molar-refractivity contribution in [3.8, 4) is 11.3 Å². The number of amides is 1. The molecule has 1 aromatic carbocycles. The molecule has 1 amide bonds. The van der Waals surface area contributed by atoms with Crippen molar-refractivity contribution in [2.45, 2.75) is 71.5 Å². The molecule has 0 fully saturated rings. The van der Waals surface area contributed by atoms with E-state index in [1.807, 2.05) is 0 Å². The summed E-state index contributed by atoms with van der Waals surface area (Å²) in [5.41, 5.74) is -1.11. The van der Waals surface area contributed by atoms with Gasteiger partial charge in [0.25, 0.3) is 5.56 Å². The summed E-state index contributed by atoms with van der Waals surface area (Å²) >= 11 is 0. The molecule has 0 spiro atoms. The maximum Gasteiger partial charge on any atom is 0.412 e. The van der Waals surface area contributed by atoms with E-state index in [1.165, 1.54) is 24.4 Å². The summed E-state index contributed by atoms with van der Waals surface area (Å²) in [5, 5.41) is 14.8. The fourth-order valence-corrected chi connectivity index (χ4v) is 5.02.